The van der Waals surface area contributed by atoms with Crippen LogP contribution in [0.25, 0.3) is 54.9 Å². The van der Waals surface area contributed by atoms with E-state index >= 15 is 0 Å². The first-order chi connectivity index (χ1) is 23.0. The maximum absolute atomic E-state index is 2.41. The highest BCUT2D eigenvalue weighted by atomic mass is 15.1. The summed E-state index contributed by atoms with van der Waals surface area (Å²) >= 11 is 0. The Morgan fingerprint density at radius 2 is 1.00 bits per heavy atom. The zero-order valence-electron chi connectivity index (χ0n) is 29.1. The summed E-state index contributed by atoms with van der Waals surface area (Å²) in [6.07, 6.45) is 0. The first-order valence-corrected chi connectivity index (χ1v) is 17.3. The molecule has 0 aromatic heterocycles. The predicted molar refractivity (Wildman–Crippen MR) is 208 cm³/mol. The van der Waals surface area contributed by atoms with Crippen LogP contribution >= 0.6 is 0 Å². The van der Waals surface area contributed by atoms with Crippen LogP contribution in [0.3, 0.4) is 0 Å². The molecule has 1 aliphatic rings. The van der Waals surface area contributed by atoms with Crippen LogP contribution in [0.4, 0.5) is 17.1 Å². The standard InChI is InChI=1S/C47H43N/c1-29(2)33-9-8-10-40(23-33)48(41-19-11-30(3)31(4)21-41)42-20-16-36-26-44-43-25-35-13-12-34(32-14-17-39(18-15-32)47(5,6)7)22-37(35)27-45(43)46(44)28-38(36)24-42/h8-29H,1-7H3. The minimum atomic E-state index is 0.152. The van der Waals surface area contributed by atoms with Gasteiger partial charge in [0.1, 0.15) is 0 Å². The highest BCUT2D eigenvalue weighted by Crippen LogP contribution is 2.51. The van der Waals surface area contributed by atoms with Crippen LogP contribution in [0.15, 0.2) is 127 Å². The molecule has 0 saturated carbocycles. The largest absolute Gasteiger partial charge is 0.310 e. The van der Waals surface area contributed by atoms with E-state index in [0.717, 1.165) is 0 Å². The van der Waals surface area contributed by atoms with Crippen molar-refractivity contribution >= 4 is 38.6 Å². The molecule has 48 heavy (non-hydrogen) atoms. The lowest BCUT2D eigenvalue weighted by Gasteiger charge is -2.28. The maximum atomic E-state index is 2.41. The molecule has 0 heterocycles. The molecule has 1 aliphatic carbocycles. The average molecular weight is 622 g/mol. The zero-order chi connectivity index (χ0) is 33.3. The second kappa shape index (κ2) is 11.2. The highest BCUT2D eigenvalue weighted by molar-refractivity contribution is 6.12. The molecule has 1 nitrogen and oxygen atoms in total. The van der Waals surface area contributed by atoms with Crippen molar-refractivity contribution in [2.45, 2.75) is 59.8 Å². The monoisotopic (exact) mass is 621 g/mol. The number of fused-ring (bicyclic) bond motifs is 6. The quantitative estimate of drug-likeness (QED) is 0.185. The van der Waals surface area contributed by atoms with Gasteiger partial charge in [-0.1, -0.05) is 95.3 Å². The lowest BCUT2D eigenvalue weighted by Crippen LogP contribution is -2.11. The summed E-state index contributed by atoms with van der Waals surface area (Å²) in [5, 5.41) is 5.11. The van der Waals surface area contributed by atoms with Crippen LogP contribution in [0.5, 0.6) is 0 Å². The first-order valence-electron chi connectivity index (χ1n) is 17.3. The number of benzene rings is 7. The van der Waals surface area contributed by atoms with Crippen molar-refractivity contribution in [1.82, 2.24) is 0 Å². The Morgan fingerprint density at radius 1 is 0.458 bits per heavy atom. The molecule has 0 fully saturated rings. The van der Waals surface area contributed by atoms with Gasteiger partial charge in [0.25, 0.3) is 0 Å². The number of hydrogen-bond donors (Lipinski definition) is 0. The minimum Gasteiger partial charge on any atom is -0.310 e. The Kier molecular flexibility index (Phi) is 7.07. The number of aryl methyl sites for hydroxylation is 2. The van der Waals surface area contributed by atoms with Crippen molar-refractivity contribution in [1.29, 1.82) is 0 Å². The molecule has 0 aliphatic heterocycles. The molecule has 7 aromatic carbocycles. The molecule has 0 radical (unpaired) electrons. The van der Waals surface area contributed by atoms with Gasteiger partial charge in [0.15, 0.2) is 0 Å². The average Bonchev–Trinajstić information content (AvgIpc) is 3.08. The van der Waals surface area contributed by atoms with Crippen LogP contribution in [-0.4, -0.2) is 0 Å². The SMILES string of the molecule is Cc1ccc(N(c2cccc(C(C)C)c2)c2ccc3cc4c(cc3c2)-c2cc3cc(-c5ccc(C(C)(C)C)cc5)ccc3cc2-4)cc1C. The molecule has 0 saturated heterocycles. The zero-order valence-corrected chi connectivity index (χ0v) is 29.1. The summed E-state index contributed by atoms with van der Waals surface area (Å²) in [6.45, 7) is 15.7. The Hall–Kier alpha value is -5.14. The van der Waals surface area contributed by atoms with Gasteiger partial charge in [-0.2, -0.15) is 0 Å². The van der Waals surface area contributed by atoms with Gasteiger partial charge in [-0.05, 0) is 169 Å². The molecule has 1 heteroatoms. The fraction of sp³-hybridized carbons (Fsp3) is 0.191. The molecule has 0 amide bonds. The molecule has 7 aromatic rings. The van der Waals surface area contributed by atoms with Crippen molar-refractivity contribution in [3.05, 3.63) is 150 Å². The highest BCUT2D eigenvalue weighted by Gasteiger charge is 2.24. The summed E-state index contributed by atoms with van der Waals surface area (Å²) in [4.78, 5) is 2.41. The van der Waals surface area contributed by atoms with E-state index < -0.39 is 0 Å². The van der Waals surface area contributed by atoms with E-state index in [-0.39, 0.29) is 5.41 Å². The second-order valence-electron chi connectivity index (χ2n) is 15.1. The Labute approximate surface area is 285 Å². The lowest BCUT2D eigenvalue weighted by molar-refractivity contribution is 0.590. The number of hydrogen-bond acceptors (Lipinski definition) is 1. The fourth-order valence-corrected chi connectivity index (χ4v) is 7.23. The molecule has 236 valence electrons. The van der Waals surface area contributed by atoms with E-state index in [1.807, 2.05) is 0 Å². The van der Waals surface area contributed by atoms with E-state index in [0.29, 0.717) is 5.92 Å². The van der Waals surface area contributed by atoms with E-state index in [1.54, 1.807) is 0 Å². The number of nitrogens with zero attached hydrogens (tertiary/aromatic N) is 1. The molecule has 0 N–H and O–H groups in total. The van der Waals surface area contributed by atoms with E-state index in [4.69, 9.17) is 0 Å². The van der Waals surface area contributed by atoms with Gasteiger partial charge in [0, 0.05) is 17.1 Å². The van der Waals surface area contributed by atoms with E-state index in [1.165, 1.54) is 94.2 Å². The summed E-state index contributed by atoms with van der Waals surface area (Å²) in [5.74, 6) is 0.461. The van der Waals surface area contributed by atoms with Crippen molar-refractivity contribution in [3.63, 3.8) is 0 Å². The molecule has 8 rings (SSSR count). The normalized spacial score (nSPS) is 12.2. The van der Waals surface area contributed by atoms with Gasteiger partial charge in [-0.15, -0.1) is 0 Å². The topological polar surface area (TPSA) is 3.24 Å². The van der Waals surface area contributed by atoms with E-state index in [2.05, 4.69) is 181 Å². The Balaban J connectivity index is 1.19. The third kappa shape index (κ3) is 5.19. The third-order valence-corrected chi connectivity index (χ3v) is 10.4. The van der Waals surface area contributed by atoms with Crippen LogP contribution < -0.4 is 4.90 Å². The van der Waals surface area contributed by atoms with Crippen molar-refractivity contribution in [3.8, 4) is 33.4 Å². The van der Waals surface area contributed by atoms with Gasteiger partial charge in [-0.3, -0.25) is 0 Å². The van der Waals surface area contributed by atoms with E-state index in [9.17, 15) is 0 Å². The fourth-order valence-electron chi connectivity index (χ4n) is 7.23. The summed E-state index contributed by atoms with van der Waals surface area (Å²) in [7, 11) is 0. The molecule has 0 bridgehead atoms. The van der Waals surface area contributed by atoms with Gasteiger partial charge in [0.2, 0.25) is 0 Å². The number of rotatable bonds is 5. The summed E-state index contributed by atoms with van der Waals surface area (Å²) < 4.78 is 0. The molecule has 0 atom stereocenters. The predicted octanol–water partition coefficient (Wildman–Crippen LogP) is 13.8. The van der Waals surface area contributed by atoms with Crippen molar-refractivity contribution in [2.24, 2.45) is 0 Å². The minimum absolute atomic E-state index is 0.152. The first kappa shape index (κ1) is 30.2. The summed E-state index contributed by atoms with van der Waals surface area (Å²) in [5.41, 5.74) is 16.9. The van der Waals surface area contributed by atoms with Crippen LogP contribution in [0.2, 0.25) is 0 Å². The van der Waals surface area contributed by atoms with Gasteiger partial charge < -0.3 is 4.90 Å². The van der Waals surface area contributed by atoms with Crippen LogP contribution in [-0.2, 0) is 5.41 Å². The van der Waals surface area contributed by atoms with Gasteiger partial charge in [0.05, 0.1) is 0 Å². The molecule has 0 unspecified atom stereocenters. The number of anilines is 3. The van der Waals surface area contributed by atoms with Gasteiger partial charge in [-0.25, -0.2) is 0 Å². The molecular formula is C47H43N. The van der Waals surface area contributed by atoms with Crippen molar-refractivity contribution < 1.29 is 0 Å². The second-order valence-corrected chi connectivity index (χ2v) is 15.1. The Bertz CT molecular complexity index is 2370. The van der Waals surface area contributed by atoms with Crippen molar-refractivity contribution in [2.75, 3.05) is 4.90 Å². The lowest BCUT2D eigenvalue weighted by atomic mass is 9.77. The third-order valence-electron chi connectivity index (χ3n) is 10.4. The molecular weight excluding hydrogens is 579 g/mol. The molecule has 0 spiro atoms. The summed E-state index contributed by atoms with van der Waals surface area (Å²) in [6, 6.07) is 48.3. The van der Waals surface area contributed by atoms with Gasteiger partial charge >= 0.3 is 0 Å². The maximum Gasteiger partial charge on any atom is 0.0468 e. The Morgan fingerprint density at radius 3 is 1.62 bits per heavy atom. The smallest absolute Gasteiger partial charge is 0.0468 e. The van der Waals surface area contributed by atoms with Crippen LogP contribution in [0, 0.1) is 13.8 Å². The van der Waals surface area contributed by atoms with Crippen LogP contribution in [0.1, 0.15) is 62.8 Å².